The highest BCUT2D eigenvalue weighted by molar-refractivity contribution is 7.89. The number of hydrogen-bond acceptors (Lipinski definition) is 4. The number of hydrogen-bond donors (Lipinski definition) is 2. The van der Waals surface area contributed by atoms with Gasteiger partial charge in [0, 0.05) is 13.1 Å². The number of sulfonamides is 1. The van der Waals surface area contributed by atoms with Crippen LogP contribution in [0.2, 0.25) is 0 Å². The number of alkyl halides is 2. The zero-order valence-corrected chi connectivity index (χ0v) is 10.8. The summed E-state index contributed by atoms with van der Waals surface area (Å²) in [5, 5.41) is 2.73. The number of halogens is 3. The summed E-state index contributed by atoms with van der Waals surface area (Å²) in [6.45, 7) is -2.66. The maximum Gasteiger partial charge on any atom is 0.387 e. The first kappa shape index (κ1) is 15.7. The Bertz CT molecular complexity index is 523. The van der Waals surface area contributed by atoms with Gasteiger partial charge < -0.3 is 10.1 Å². The van der Waals surface area contributed by atoms with Crippen LogP contribution in [0.5, 0.6) is 5.75 Å². The van der Waals surface area contributed by atoms with E-state index in [2.05, 4.69) is 14.8 Å². The first-order valence-electron chi connectivity index (χ1n) is 5.25. The molecule has 0 aliphatic carbocycles. The molecule has 0 atom stereocenters. The summed E-state index contributed by atoms with van der Waals surface area (Å²) in [4.78, 5) is -0.359. The van der Waals surface area contributed by atoms with Gasteiger partial charge in [-0.15, -0.1) is 0 Å². The molecule has 0 spiro atoms. The zero-order valence-electron chi connectivity index (χ0n) is 9.99. The average Bonchev–Trinajstić information content (AvgIpc) is 2.31. The van der Waals surface area contributed by atoms with Gasteiger partial charge in [-0.05, 0) is 25.2 Å². The van der Waals surface area contributed by atoms with E-state index in [0.717, 1.165) is 12.1 Å². The molecule has 19 heavy (non-hydrogen) atoms. The molecular weight excluding hydrogens is 285 g/mol. The van der Waals surface area contributed by atoms with Crippen LogP contribution in [0.4, 0.5) is 13.2 Å². The molecule has 108 valence electrons. The Morgan fingerprint density at radius 3 is 2.53 bits per heavy atom. The van der Waals surface area contributed by atoms with Crippen LogP contribution < -0.4 is 14.8 Å². The molecule has 0 heterocycles. The van der Waals surface area contributed by atoms with E-state index >= 15 is 0 Å². The minimum absolute atomic E-state index is 0.121. The molecule has 9 heteroatoms. The third-order valence-electron chi connectivity index (χ3n) is 2.10. The van der Waals surface area contributed by atoms with Crippen LogP contribution in [0.1, 0.15) is 0 Å². The summed E-state index contributed by atoms with van der Waals surface area (Å²) < 4.78 is 66.7. The smallest absolute Gasteiger partial charge is 0.387 e. The van der Waals surface area contributed by atoms with Crippen LogP contribution in [0.25, 0.3) is 0 Å². The molecule has 0 aromatic heterocycles. The molecule has 0 fully saturated rings. The van der Waals surface area contributed by atoms with Gasteiger partial charge >= 0.3 is 6.61 Å². The molecule has 0 aliphatic heterocycles. The number of rotatable bonds is 7. The maximum absolute atomic E-state index is 13.4. The van der Waals surface area contributed by atoms with Crippen LogP contribution >= 0.6 is 0 Å². The van der Waals surface area contributed by atoms with Crippen LogP contribution in [0.15, 0.2) is 23.1 Å². The van der Waals surface area contributed by atoms with Gasteiger partial charge in [0.05, 0.1) is 4.90 Å². The quantitative estimate of drug-likeness (QED) is 0.735. The van der Waals surface area contributed by atoms with E-state index in [1.54, 1.807) is 7.05 Å². The Morgan fingerprint density at radius 2 is 2.00 bits per heavy atom. The Balaban J connectivity index is 2.87. The minimum atomic E-state index is -3.87. The Morgan fingerprint density at radius 1 is 1.32 bits per heavy atom. The normalized spacial score (nSPS) is 11.8. The number of nitrogens with one attached hydrogen (secondary N) is 2. The van der Waals surface area contributed by atoms with Crippen molar-refractivity contribution in [2.45, 2.75) is 11.5 Å². The van der Waals surface area contributed by atoms with Gasteiger partial charge in [-0.25, -0.2) is 17.5 Å². The summed E-state index contributed by atoms with van der Waals surface area (Å²) >= 11 is 0. The van der Waals surface area contributed by atoms with Crippen molar-refractivity contribution in [2.24, 2.45) is 0 Å². The number of ether oxygens (including phenoxy) is 1. The lowest BCUT2D eigenvalue weighted by atomic mass is 10.3. The fourth-order valence-electron chi connectivity index (χ4n) is 1.23. The monoisotopic (exact) mass is 298 g/mol. The predicted molar refractivity (Wildman–Crippen MR) is 62.1 cm³/mol. The summed E-state index contributed by atoms with van der Waals surface area (Å²) in [7, 11) is -2.23. The van der Waals surface area contributed by atoms with Gasteiger partial charge in [-0.2, -0.15) is 8.78 Å². The van der Waals surface area contributed by atoms with Gasteiger partial charge in [-0.1, -0.05) is 0 Å². The summed E-state index contributed by atoms with van der Waals surface area (Å²) in [6.07, 6.45) is 0. The Kier molecular flexibility index (Phi) is 5.58. The second-order valence-corrected chi connectivity index (χ2v) is 5.24. The van der Waals surface area contributed by atoms with Gasteiger partial charge in [0.15, 0.2) is 11.6 Å². The lowest BCUT2D eigenvalue weighted by Crippen LogP contribution is -2.30. The number of likely N-dealkylation sites (N-methyl/N-ethyl adjacent to an activating group) is 1. The molecule has 1 rings (SSSR count). The fraction of sp³-hybridized carbons (Fsp3) is 0.400. The third-order valence-corrected chi connectivity index (χ3v) is 3.56. The molecule has 0 saturated heterocycles. The van der Waals surface area contributed by atoms with Crippen molar-refractivity contribution < 1.29 is 26.3 Å². The van der Waals surface area contributed by atoms with E-state index in [1.165, 1.54) is 0 Å². The van der Waals surface area contributed by atoms with Crippen molar-refractivity contribution >= 4 is 10.0 Å². The predicted octanol–water partition coefficient (Wildman–Crippen LogP) is 0.925. The Hall–Kier alpha value is -1.32. The van der Waals surface area contributed by atoms with E-state index in [9.17, 15) is 21.6 Å². The van der Waals surface area contributed by atoms with Gasteiger partial charge in [0.25, 0.3) is 0 Å². The molecule has 1 aromatic carbocycles. The van der Waals surface area contributed by atoms with Crippen molar-refractivity contribution in [3.8, 4) is 5.75 Å². The Labute approximate surface area is 108 Å². The molecule has 0 radical (unpaired) electrons. The standard InChI is InChI=1S/C10H13F3N2O3S/c1-14-4-5-15-19(16,17)7-2-3-9(8(11)6-7)18-10(12)13/h2-3,6,10,14-15H,4-5H2,1H3. The highest BCUT2D eigenvalue weighted by atomic mass is 32.2. The highest BCUT2D eigenvalue weighted by Crippen LogP contribution is 2.22. The van der Waals surface area contributed by atoms with E-state index in [1.807, 2.05) is 0 Å². The fourth-order valence-corrected chi connectivity index (χ4v) is 2.28. The molecule has 0 amide bonds. The lowest BCUT2D eigenvalue weighted by molar-refractivity contribution is -0.0522. The van der Waals surface area contributed by atoms with Crippen molar-refractivity contribution in [1.29, 1.82) is 0 Å². The van der Waals surface area contributed by atoms with E-state index < -0.39 is 28.2 Å². The minimum Gasteiger partial charge on any atom is -0.432 e. The van der Waals surface area contributed by atoms with Gasteiger partial charge in [0.1, 0.15) is 0 Å². The topological polar surface area (TPSA) is 67.4 Å². The maximum atomic E-state index is 13.4. The summed E-state index contributed by atoms with van der Waals surface area (Å²) in [5.74, 6) is -1.87. The average molecular weight is 298 g/mol. The van der Waals surface area contributed by atoms with E-state index in [4.69, 9.17) is 0 Å². The molecular formula is C10H13F3N2O3S. The van der Waals surface area contributed by atoms with Crippen molar-refractivity contribution in [2.75, 3.05) is 20.1 Å². The van der Waals surface area contributed by atoms with E-state index in [-0.39, 0.29) is 11.4 Å². The lowest BCUT2D eigenvalue weighted by Gasteiger charge is -2.09. The van der Waals surface area contributed by atoms with E-state index in [0.29, 0.717) is 12.6 Å². The molecule has 0 aliphatic rings. The summed E-state index contributed by atoms with van der Waals surface area (Å²) in [6, 6.07) is 2.45. The molecule has 5 nitrogen and oxygen atoms in total. The molecule has 0 bridgehead atoms. The van der Waals surface area contributed by atoms with Gasteiger partial charge in [-0.3, -0.25) is 0 Å². The summed E-state index contributed by atoms with van der Waals surface area (Å²) in [5.41, 5.74) is 0. The molecule has 0 saturated carbocycles. The zero-order chi connectivity index (χ0) is 14.5. The van der Waals surface area contributed by atoms with Crippen LogP contribution in [0, 0.1) is 5.82 Å². The van der Waals surface area contributed by atoms with Crippen molar-refractivity contribution in [3.05, 3.63) is 24.0 Å². The molecule has 0 unspecified atom stereocenters. The number of benzene rings is 1. The van der Waals surface area contributed by atoms with Crippen LogP contribution in [0.3, 0.4) is 0 Å². The third kappa shape index (κ3) is 4.69. The molecule has 1 aromatic rings. The highest BCUT2D eigenvalue weighted by Gasteiger charge is 2.17. The first-order chi connectivity index (χ1) is 8.86. The first-order valence-corrected chi connectivity index (χ1v) is 6.74. The SMILES string of the molecule is CNCCNS(=O)(=O)c1ccc(OC(F)F)c(F)c1. The largest absolute Gasteiger partial charge is 0.432 e. The van der Waals surface area contributed by atoms with Crippen molar-refractivity contribution in [3.63, 3.8) is 0 Å². The van der Waals surface area contributed by atoms with Crippen molar-refractivity contribution in [1.82, 2.24) is 10.0 Å². The second kappa shape index (κ2) is 6.73. The van der Waals surface area contributed by atoms with Crippen LogP contribution in [-0.2, 0) is 10.0 Å². The van der Waals surface area contributed by atoms with Gasteiger partial charge in [0.2, 0.25) is 10.0 Å². The van der Waals surface area contributed by atoms with Crippen LogP contribution in [-0.4, -0.2) is 35.2 Å². The molecule has 2 N–H and O–H groups in total. The second-order valence-electron chi connectivity index (χ2n) is 3.47.